The van der Waals surface area contributed by atoms with E-state index in [1.54, 1.807) is 0 Å². The molecule has 1 heterocycles. The number of carbonyl (C=O) groups excluding carboxylic acids is 1. The molecule has 0 saturated carbocycles. The number of hydrogen-bond donors (Lipinski definition) is 2. The molecule has 0 unspecified atom stereocenters. The minimum atomic E-state index is -0.111. The molecule has 1 aromatic carbocycles. The number of hydrazine groups is 1. The Morgan fingerprint density at radius 2 is 2.15 bits per heavy atom. The van der Waals surface area contributed by atoms with Crippen LogP contribution in [0.3, 0.4) is 0 Å². The van der Waals surface area contributed by atoms with Crippen molar-refractivity contribution in [2.75, 3.05) is 0 Å². The molecule has 20 heavy (non-hydrogen) atoms. The first-order valence-electron chi connectivity index (χ1n) is 6.73. The lowest BCUT2D eigenvalue weighted by atomic mass is 10.1. The zero-order chi connectivity index (χ0) is 14.4. The van der Waals surface area contributed by atoms with Crippen LogP contribution in [-0.4, -0.2) is 10.5 Å². The minimum Gasteiger partial charge on any atom is -0.347 e. The largest absolute Gasteiger partial charge is 0.347 e. The van der Waals surface area contributed by atoms with Gasteiger partial charge < -0.3 is 4.57 Å². The second kappa shape index (κ2) is 6.73. The summed E-state index contributed by atoms with van der Waals surface area (Å²) in [5.41, 5.74) is 3.96. The van der Waals surface area contributed by atoms with Gasteiger partial charge in [-0.05, 0) is 37.1 Å². The van der Waals surface area contributed by atoms with Gasteiger partial charge in [0.05, 0.1) is 11.6 Å². The molecule has 5 heteroatoms. The standard InChI is InChI=1S/C15H18N4O/c16-11-12-5-6-14-13(10-12)7-9-19(14)8-3-1-2-4-15(20)18-17/h5-7,9-10H,1-4,8,17H2,(H,18,20). The van der Waals surface area contributed by atoms with Gasteiger partial charge in [-0.15, -0.1) is 0 Å². The number of amides is 1. The van der Waals surface area contributed by atoms with Crippen LogP contribution < -0.4 is 11.3 Å². The number of hydrogen-bond acceptors (Lipinski definition) is 3. The number of nitrogens with two attached hydrogens (primary N) is 1. The molecule has 3 N–H and O–H groups in total. The van der Waals surface area contributed by atoms with E-state index in [4.69, 9.17) is 11.1 Å². The first-order chi connectivity index (χ1) is 9.74. The fourth-order valence-electron chi connectivity index (χ4n) is 2.28. The third kappa shape index (κ3) is 3.37. The van der Waals surface area contributed by atoms with Crippen LogP contribution in [0.5, 0.6) is 0 Å². The fraction of sp³-hybridized carbons (Fsp3) is 0.333. The molecule has 5 nitrogen and oxygen atoms in total. The number of rotatable bonds is 6. The van der Waals surface area contributed by atoms with Crippen molar-refractivity contribution >= 4 is 16.8 Å². The highest BCUT2D eigenvalue weighted by Gasteiger charge is 2.02. The molecule has 1 aromatic heterocycles. The van der Waals surface area contributed by atoms with Gasteiger partial charge in [0.15, 0.2) is 0 Å². The SMILES string of the molecule is N#Cc1ccc2c(ccn2CCCCCC(=O)NN)c1. The summed E-state index contributed by atoms with van der Waals surface area (Å²) >= 11 is 0. The van der Waals surface area contributed by atoms with Gasteiger partial charge >= 0.3 is 0 Å². The molecule has 104 valence electrons. The molecule has 0 fully saturated rings. The van der Waals surface area contributed by atoms with E-state index in [9.17, 15) is 4.79 Å². The Kier molecular flexibility index (Phi) is 4.75. The summed E-state index contributed by atoms with van der Waals surface area (Å²) in [5.74, 6) is 4.91. The molecule has 2 aromatic rings. The van der Waals surface area contributed by atoms with E-state index in [2.05, 4.69) is 16.1 Å². The van der Waals surface area contributed by atoms with Crippen LogP contribution in [0.1, 0.15) is 31.2 Å². The molecule has 2 rings (SSSR count). The summed E-state index contributed by atoms with van der Waals surface area (Å²) in [6.07, 6.45) is 5.37. The van der Waals surface area contributed by atoms with Crippen molar-refractivity contribution in [1.29, 1.82) is 5.26 Å². The quantitative estimate of drug-likeness (QED) is 0.365. The smallest absolute Gasteiger partial charge is 0.233 e. The Morgan fingerprint density at radius 1 is 1.30 bits per heavy atom. The second-order valence-corrected chi connectivity index (χ2v) is 4.77. The summed E-state index contributed by atoms with van der Waals surface area (Å²) < 4.78 is 2.18. The number of aryl methyl sites for hydroxylation is 1. The summed E-state index contributed by atoms with van der Waals surface area (Å²) in [6.45, 7) is 0.916. The maximum absolute atomic E-state index is 11.0. The van der Waals surface area contributed by atoms with Crippen molar-refractivity contribution in [2.45, 2.75) is 32.2 Å². The number of fused-ring (bicyclic) bond motifs is 1. The van der Waals surface area contributed by atoms with Crippen LogP contribution in [0.4, 0.5) is 0 Å². The van der Waals surface area contributed by atoms with Gasteiger partial charge in [-0.25, -0.2) is 5.84 Å². The summed E-state index contributed by atoms with van der Waals surface area (Å²) in [6, 6.07) is 9.89. The van der Waals surface area contributed by atoms with Gasteiger partial charge in [-0.2, -0.15) is 5.26 Å². The third-order valence-corrected chi connectivity index (χ3v) is 3.36. The van der Waals surface area contributed by atoms with Crippen molar-refractivity contribution in [2.24, 2.45) is 5.84 Å². The Morgan fingerprint density at radius 3 is 2.90 bits per heavy atom. The van der Waals surface area contributed by atoms with Crippen molar-refractivity contribution in [3.63, 3.8) is 0 Å². The highest BCUT2D eigenvalue weighted by Crippen LogP contribution is 2.18. The zero-order valence-electron chi connectivity index (χ0n) is 11.3. The van der Waals surface area contributed by atoms with Crippen LogP contribution >= 0.6 is 0 Å². The number of carbonyl (C=O) groups is 1. The lowest BCUT2D eigenvalue weighted by Crippen LogP contribution is -2.29. The molecule has 1 amide bonds. The number of unbranched alkanes of at least 4 members (excludes halogenated alkanes) is 2. The van der Waals surface area contributed by atoms with Gasteiger partial charge in [0.1, 0.15) is 0 Å². The van der Waals surface area contributed by atoms with Crippen molar-refractivity contribution in [1.82, 2.24) is 9.99 Å². The average Bonchev–Trinajstić information content (AvgIpc) is 2.88. The van der Waals surface area contributed by atoms with E-state index in [0.717, 1.165) is 36.7 Å². The van der Waals surface area contributed by atoms with Gasteiger partial charge in [-0.1, -0.05) is 6.42 Å². The maximum atomic E-state index is 11.0. The van der Waals surface area contributed by atoms with Crippen LogP contribution in [-0.2, 0) is 11.3 Å². The molecular weight excluding hydrogens is 252 g/mol. The highest BCUT2D eigenvalue weighted by molar-refractivity contribution is 5.81. The molecule has 0 spiro atoms. The van der Waals surface area contributed by atoms with Crippen LogP contribution in [0.15, 0.2) is 30.5 Å². The molecule has 0 aliphatic rings. The molecule has 0 aliphatic carbocycles. The van der Waals surface area contributed by atoms with Crippen molar-refractivity contribution < 1.29 is 4.79 Å². The molecule has 0 aliphatic heterocycles. The Hall–Kier alpha value is -2.32. The van der Waals surface area contributed by atoms with E-state index in [1.807, 2.05) is 30.5 Å². The van der Waals surface area contributed by atoms with E-state index >= 15 is 0 Å². The molecule has 0 bridgehead atoms. The predicted molar refractivity (Wildman–Crippen MR) is 77.5 cm³/mol. The predicted octanol–water partition coefficient (Wildman–Crippen LogP) is 2.06. The lowest BCUT2D eigenvalue weighted by molar-refractivity contribution is -0.121. The van der Waals surface area contributed by atoms with Gasteiger partial charge in [0, 0.05) is 30.1 Å². The molecular formula is C15H18N4O. The van der Waals surface area contributed by atoms with Crippen molar-refractivity contribution in [3.05, 3.63) is 36.0 Å². The normalized spacial score (nSPS) is 10.4. The monoisotopic (exact) mass is 270 g/mol. The van der Waals surface area contributed by atoms with E-state index in [1.165, 1.54) is 0 Å². The first-order valence-corrected chi connectivity index (χ1v) is 6.73. The Bertz CT molecular complexity index is 639. The number of benzene rings is 1. The van der Waals surface area contributed by atoms with Crippen LogP contribution in [0.25, 0.3) is 10.9 Å². The van der Waals surface area contributed by atoms with Crippen LogP contribution in [0.2, 0.25) is 0 Å². The van der Waals surface area contributed by atoms with E-state index in [-0.39, 0.29) is 5.91 Å². The average molecular weight is 270 g/mol. The van der Waals surface area contributed by atoms with Gasteiger partial charge in [0.2, 0.25) is 5.91 Å². The Balaban J connectivity index is 1.88. The van der Waals surface area contributed by atoms with Gasteiger partial charge in [-0.3, -0.25) is 10.2 Å². The number of nitrogens with zero attached hydrogens (tertiary/aromatic N) is 2. The minimum absolute atomic E-state index is 0.111. The van der Waals surface area contributed by atoms with Crippen molar-refractivity contribution in [3.8, 4) is 6.07 Å². The lowest BCUT2D eigenvalue weighted by Gasteiger charge is -2.05. The summed E-state index contributed by atoms with van der Waals surface area (Å²) in [5, 5.41) is 9.96. The number of aromatic nitrogens is 1. The zero-order valence-corrected chi connectivity index (χ0v) is 11.3. The van der Waals surface area contributed by atoms with Crippen LogP contribution in [0, 0.1) is 11.3 Å². The summed E-state index contributed by atoms with van der Waals surface area (Å²) in [4.78, 5) is 11.0. The topological polar surface area (TPSA) is 83.8 Å². The number of nitriles is 1. The summed E-state index contributed by atoms with van der Waals surface area (Å²) in [7, 11) is 0. The first kappa shape index (κ1) is 14.1. The second-order valence-electron chi connectivity index (χ2n) is 4.77. The van der Waals surface area contributed by atoms with E-state index in [0.29, 0.717) is 12.0 Å². The van der Waals surface area contributed by atoms with E-state index < -0.39 is 0 Å². The molecule has 0 saturated heterocycles. The third-order valence-electron chi connectivity index (χ3n) is 3.36. The Labute approximate surface area is 118 Å². The van der Waals surface area contributed by atoms with Gasteiger partial charge in [0.25, 0.3) is 0 Å². The maximum Gasteiger partial charge on any atom is 0.233 e. The molecule has 0 atom stereocenters. The highest BCUT2D eigenvalue weighted by atomic mass is 16.2. The number of nitrogens with one attached hydrogen (secondary N) is 1. The molecule has 0 radical (unpaired) electrons. The fourth-order valence-corrected chi connectivity index (χ4v) is 2.28.